The van der Waals surface area contributed by atoms with Crippen molar-refractivity contribution in [3.8, 4) is 0 Å². The van der Waals surface area contributed by atoms with Crippen LogP contribution in [0, 0.1) is 0 Å². The molecule has 4 atom stereocenters. The molecule has 1 aliphatic heterocycles. The van der Waals surface area contributed by atoms with Crippen LogP contribution < -0.4 is 0 Å². The van der Waals surface area contributed by atoms with Gasteiger partial charge in [-0.15, -0.1) is 11.6 Å². The topological polar surface area (TPSA) is 91.4 Å². The number of hydrogen-bond donors (Lipinski definition) is 0. The number of esters is 2. The molecule has 2 aliphatic rings. The fraction of sp³-hybridized carbons (Fsp3) is 0.560. The van der Waals surface area contributed by atoms with Crippen molar-refractivity contribution in [2.75, 3.05) is 6.54 Å². The van der Waals surface area contributed by atoms with Gasteiger partial charge in [-0.25, -0.2) is 4.79 Å². The second kappa shape index (κ2) is 12.0. The molecule has 1 aromatic carbocycles. The third-order valence-corrected chi connectivity index (χ3v) is 5.96. The Morgan fingerprint density at radius 1 is 1.00 bits per heavy atom. The molecule has 1 saturated carbocycles. The average Bonchev–Trinajstić information content (AvgIpc) is 3.09. The number of benzene rings is 1. The van der Waals surface area contributed by atoms with E-state index in [0.717, 1.165) is 32.1 Å². The Bertz CT molecular complexity index is 821. The molecule has 180 valence electrons. The minimum absolute atomic E-state index is 0.0265. The van der Waals surface area contributed by atoms with Crippen molar-refractivity contribution in [3.05, 3.63) is 48.6 Å². The third kappa shape index (κ3) is 6.88. The van der Waals surface area contributed by atoms with E-state index in [1.54, 1.807) is 35.4 Å². The molecule has 33 heavy (non-hydrogen) atoms. The first-order chi connectivity index (χ1) is 15.9. The molecular weight excluding hydrogens is 426 g/mol. The smallest absolute Gasteiger partial charge is 0.357 e. The molecule has 1 aliphatic carbocycles. The highest BCUT2D eigenvalue weighted by molar-refractivity contribution is 5.89. The molecule has 3 rings (SSSR count). The van der Waals surface area contributed by atoms with Crippen molar-refractivity contribution >= 4 is 17.9 Å². The van der Waals surface area contributed by atoms with Gasteiger partial charge in [0.2, 0.25) is 0 Å². The van der Waals surface area contributed by atoms with Gasteiger partial charge in [-0.3, -0.25) is 9.59 Å². The Labute approximate surface area is 194 Å². The maximum Gasteiger partial charge on any atom is 0.357 e. The minimum atomic E-state index is -0.821. The van der Waals surface area contributed by atoms with Crippen molar-refractivity contribution in [2.45, 2.75) is 82.8 Å². The predicted octanol–water partition coefficient (Wildman–Crippen LogP) is 3.60. The van der Waals surface area contributed by atoms with Gasteiger partial charge in [-0.1, -0.05) is 43.5 Å². The van der Waals surface area contributed by atoms with Crippen LogP contribution in [0.15, 0.2) is 43.0 Å². The van der Waals surface area contributed by atoms with Crippen LogP contribution in [0.1, 0.15) is 62.7 Å². The fourth-order valence-electron chi connectivity index (χ4n) is 4.51. The van der Waals surface area contributed by atoms with Crippen molar-refractivity contribution in [1.82, 2.24) is 5.06 Å². The molecule has 0 spiro atoms. The molecular formula is C25H33NO7. The second-order valence-corrected chi connectivity index (χ2v) is 8.52. The fourth-order valence-corrected chi connectivity index (χ4v) is 4.51. The molecule has 0 aromatic heterocycles. The highest BCUT2D eigenvalue weighted by Gasteiger charge is 2.49. The van der Waals surface area contributed by atoms with E-state index < -0.39 is 42.3 Å². The van der Waals surface area contributed by atoms with Gasteiger partial charge in [-0.05, 0) is 31.4 Å². The van der Waals surface area contributed by atoms with Crippen LogP contribution in [0.25, 0.3) is 0 Å². The van der Waals surface area contributed by atoms with E-state index in [-0.39, 0.29) is 12.6 Å². The first kappa shape index (κ1) is 24.9. The lowest BCUT2D eigenvalue weighted by Crippen LogP contribution is -2.47. The first-order valence-electron chi connectivity index (χ1n) is 11.5. The lowest BCUT2D eigenvalue weighted by Gasteiger charge is -2.34. The number of hydroxylamine groups is 2. The van der Waals surface area contributed by atoms with Crippen LogP contribution in [-0.2, 0) is 28.6 Å². The van der Waals surface area contributed by atoms with Crippen LogP contribution in [0.3, 0.4) is 0 Å². The third-order valence-electron chi connectivity index (χ3n) is 5.96. The van der Waals surface area contributed by atoms with E-state index in [1.807, 2.05) is 6.07 Å². The van der Waals surface area contributed by atoms with Crippen LogP contribution in [0.5, 0.6) is 0 Å². The van der Waals surface area contributed by atoms with E-state index in [0.29, 0.717) is 12.0 Å². The van der Waals surface area contributed by atoms with Gasteiger partial charge >= 0.3 is 17.9 Å². The number of ether oxygens (including phenoxy) is 3. The predicted molar refractivity (Wildman–Crippen MR) is 120 cm³/mol. The van der Waals surface area contributed by atoms with Gasteiger partial charge in [0, 0.05) is 19.9 Å². The van der Waals surface area contributed by atoms with E-state index in [1.165, 1.54) is 13.8 Å². The van der Waals surface area contributed by atoms with Crippen molar-refractivity contribution in [1.29, 1.82) is 0 Å². The molecule has 1 heterocycles. The summed E-state index contributed by atoms with van der Waals surface area (Å²) in [6.45, 7) is 6.54. The molecule has 0 radical (unpaired) electrons. The molecule has 8 heteroatoms. The largest absolute Gasteiger partial charge is 0.456 e. The summed E-state index contributed by atoms with van der Waals surface area (Å²) in [5.41, 5.74) is 0.449. The first-order valence-corrected chi connectivity index (χ1v) is 11.5. The van der Waals surface area contributed by atoms with Gasteiger partial charge in [0.15, 0.2) is 12.2 Å². The SMILES string of the molecule is C=CC[C@H]1O[C@H](CN(OC(=O)c2ccccc2)C2CCCCC2)C(OC(C)=O)C1OC(C)=O. The Kier molecular flexibility index (Phi) is 9.03. The zero-order valence-corrected chi connectivity index (χ0v) is 19.3. The quantitative estimate of drug-likeness (QED) is 0.314. The van der Waals surface area contributed by atoms with E-state index in [9.17, 15) is 14.4 Å². The zero-order chi connectivity index (χ0) is 23.8. The van der Waals surface area contributed by atoms with Crippen molar-refractivity contribution in [2.24, 2.45) is 0 Å². The number of nitrogens with zero attached hydrogens (tertiary/aromatic N) is 1. The second-order valence-electron chi connectivity index (χ2n) is 8.52. The Morgan fingerprint density at radius 2 is 1.61 bits per heavy atom. The Hall–Kier alpha value is -2.71. The summed E-state index contributed by atoms with van der Waals surface area (Å²) in [5, 5.41) is 1.66. The molecule has 1 aromatic rings. The van der Waals surface area contributed by atoms with E-state index >= 15 is 0 Å². The van der Waals surface area contributed by atoms with Gasteiger partial charge in [-0.2, -0.15) is 0 Å². The molecule has 0 amide bonds. The molecule has 2 fully saturated rings. The standard InChI is InChI=1S/C25H33NO7/c1-4-11-21-23(30-17(2)27)24(31-18(3)28)22(32-21)16-26(20-14-9-6-10-15-20)33-25(29)19-12-7-5-8-13-19/h4-5,7-8,12-13,20-24H,1,6,9-11,14-16H2,2-3H3/t21-,22-,23?,24?/m1/s1. The lowest BCUT2D eigenvalue weighted by molar-refractivity contribution is -0.178. The highest BCUT2D eigenvalue weighted by Crippen LogP contribution is 2.32. The van der Waals surface area contributed by atoms with Gasteiger partial charge in [0.05, 0.1) is 12.1 Å². The zero-order valence-electron chi connectivity index (χ0n) is 19.3. The summed E-state index contributed by atoms with van der Waals surface area (Å²) < 4.78 is 17.2. The van der Waals surface area contributed by atoms with Crippen molar-refractivity contribution in [3.63, 3.8) is 0 Å². The average molecular weight is 460 g/mol. The summed E-state index contributed by atoms with van der Waals surface area (Å²) in [5.74, 6) is -1.45. The molecule has 2 unspecified atom stereocenters. The Morgan fingerprint density at radius 3 is 2.18 bits per heavy atom. The molecule has 0 bridgehead atoms. The summed E-state index contributed by atoms with van der Waals surface area (Å²) in [7, 11) is 0. The normalized spacial score (nSPS) is 25.4. The lowest BCUT2D eigenvalue weighted by atomic mass is 9.95. The number of carbonyl (C=O) groups excluding carboxylic acids is 3. The minimum Gasteiger partial charge on any atom is -0.456 e. The maximum atomic E-state index is 12.8. The number of rotatable bonds is 9. The summed E-state index contributed by atoms with van der Waals surface area (Å²) >= 11 is 0. The number of carbonyl (C=O) groups is 3. The maximum absolute atomic E-state index is 12.8. The van der Waals surface area contributed by atoms with Crippen LogP contribution in [0.4, 0.5) is 0 Å². The summed E-state index contributed by atoms with van der Waals surface area (Å²) in [6, 6.07) is 8.82. The van der Waals surface area contributed by atoms with E-state index in [2.05, 4.69) is 6.58 Å². The monoisotopic (exact) mass is 459 g/mol. The molecule has 8 nitrogen and oxygen atoms in total. The summed E-state index contributed by atoms with van der Waals surface area (Å²) in [4.78, 5) is 42.3. The molecule has 1 saturated heterocycles. The van der Waals surface area contributed by atoms with E-state index in [4.69, 9.17) is 19.0 Å². The molecule has 0 N–H and O–H groups in total. The van der Waals surface area contributed by atoms with Gasteiger partial charge in [0.25, 0.3) is 0 Å². The summed E-state index contributed by atoms with van der Waals surface area (Å²) in [6.07, 6.45) is 4.33. The van der Waals surface area contributed by atoms with Crippen LogP contribution >= 0.6 is 0 Å². The Balaban J connectivity index is 1.83. The highest BCUT2D eigenvalue weighted by atomic mass is 16.7. The van der Waals surface area contributed by atoms with Gasteiger partial charge < -0.3 is 19.0 Å². The van der Waals surface area contributed by atoms with Gasteiger partial charge in [0.1, 0.15) is 12.2 Å². The van der Waals surface area contributed by atoms with Crippen LogP contribution in [-0.4, -0.2) is 60.0 Å². The number of hydrogen-bond acceptors (Lipinski definition) is 8. The van der Waals surface area contributed by atoms with Crippen LogP contribution in [0.2, 0.25) is 0 Å². The van der Waals surface area contributed by atoms with Crippen molar-refractivity contribution < 1.29 is 33.4 Å².